The zero-order valence-corrected chi connectivity index (χ0v) is 11.7. The van der Waals surface area contributed by atoms with Crippen molar-refractivity contribution in [2.45, 2.75) is 10.9 Å². The van der Waals surface area contributed by atoms with Crippen LogP contribution in [0.4, 0.5) is 0 Å². The van der Waals surface area contributed by atoms with Crippen molar-refractivity contribution in [1.82, 2.24) is 19.6 Å². The molecule has 0 aliphatic rings. The molecule has 0 bridgehead atoms. The van der Waals surface area contributed by atoms with Crippen molar-refractivity contribution in [3.05, 3.63) is 52.9 Å². The number of aromatic nitrogens is 4. The lowest BCUT2D eigenvalue weighted by Crippen LogP contribution is -1.88. The molecule has 0 unspecified atom stereocenters. The summed E-state index contributed by atoms with van der Waals surface area (Å²) in [5.74, 6) is 0.864. The van der Waals surface area contributed by atoms with Crippen LogP contribution in [0, 0.1) is 0 Å². The molecule has 0 saturated carbocycles. The maximum absolute atomic E-state index is 4.43. The molecule has 0 aliphatic heterocycles. The van der Waals surface area contributed by atoms with Crippen LogP contribution < -0.4 is 0 Å². The molecule has 0 atom stereocenters. The zero-order chi connectivity index (χ0) is 12.4. The van der Waals surface area contributed by atoms with E-state index in [2.05, 4.69) is 43.1 Å². The van der Waals surface area contributed by atoms with Gasteiger partial charge in [0.2, 0.25) is 5.16 Å². The van der Waals surface area contributed by atoms with Crippen LogP contribution in [0.2, 0.25) is 0 Å². The molecule has 2 heterocycles. The minimum absolute atomic E-state index is 0.712. The first-order chi connectivity index (χ1) is 8.83. The first-order valence-corrected chi connectivity index (χ1v) is 7.14. The number of nitrogens with zero attached hydrogens (tertiary/aromatic N) is 4. The Morgan fingerprint density at radius 2 is 2.06 bits per heavy atom. The average Bonchev–Trinajstić information content (AvgIpc) is 2.82. The van der Waals surface area contributed by atoms with Crippen molar-refractivity contribution in [2.24, 2.45) is 0 Å². The van der Waals surface area contributed by atoms with E-state index in [-0.39, 0.29) is 0 Å². The summed E-state index contributed by atoms with van der Waals surface area (Å²) in [6.45, 7) is 0. The van der Waals surface area contributed by atoms with Gasteiger partial charge < -0.3 is 0 Å². The second-order valence-electron chi connectivity index (χ2n) is 3.65. The number of halogens is 1. The Morgan fingerprint density at radius 1 is 1.22 bits per heavy atom. The van der Waals surface area contributed by atoms with Gasteiger partial charge in [0.05, 0.1) is 0 Å². The third-order valence-corrected chi connectivity index (χ3v) is 3.87. The maximum Gasteiger partial charge on any atom is 0.209 e. The van der Waals surface area contributed by atoms with Gasteiger partial charge in [-0.3, -0.25) is 0 Å². The quantitative estimate of drug-likeness (QED) is 0.695. The molecule has 0 N–H and O–H groups in total. The van der Waals surface area contributed by atoms with Crippen LogP contribution in [0.1, 0.15) is 5.56 Å². The van der Waals surface area contributed by atoms with E-state index < -0.39 is 0 Å². The Labute approximate surface area is 117 Å². The molecule has 2 aromatic heterocycles. The average molecular weight is 321 g/mol. The van der Waals surface area contributed by atoms with Gasteiger partial charge in [0.25, 0.3) is 0 Å². The van der Waals surface area contributed by atoms with Crippen molar-refractivity contribution in [2.75, 3.05) is 0 Å². The number of benzene rings is 1. The van der Waals surface area contributed by atoms with E-state index in [0.717, 1.165) is 16.6 Å². The smallest absolute Gasteiger partial charge is 0.209 e. The summed E-state index contributed by atoms with van der Waals surface area (Å²) in [6, 6.07) is 10.3. The van der Waals surface area contributed by atoms with Crippen LogP contribution in [-0.4, -0.2) is 19.6 Å². The predicted octanol–water partition coefficient (Wildman–Crippen LogP) is 3.18. The number of rotatable bonds is 3. The molecular weight excluding hydrogens is 312 g/mol. The third kappa shape index (κ3) is 2.39. The van der Waals surface area contributed by atoms with Gasteiger partial charge in [0.1, 0.15) is 0 Å². The molecule has 4 nitrogen and oxygen atoms in total. The van der Waals surface area contributed by atoms with E-state index in [0.29, 0.717) is 4.60 Å². The molecule has 0 spiro atoms. The summed E-state index contributed by atoms with van der Waals surface area (Å²) in [7, 11) is 0. The second-order valence-corrected chi connectivity index (χ2v) is 5.35. The van der Waals surface area contributed by atoms with Gasteiger partial charge in [-0.25, -0.2) is 9.50 Å². The van der Waals surface area contributed by atoms with Gasteiger partial charge >= 0.3 is 0 Å². The van der Waals surface area contributed by atoms with Crippen molar-refractivity contribution in [1.29, 1.82) is 0 Å². The Balaban J connectivity index is 1.81. The largest absolute Gasteiger partial charge is 0.244 e. The van der Waals surface area contributed by atoms with Crippen molar-refractivity contribution in [3.8, 4) is 0 Å². The lowest BCUT2D eigenvalue weighted by atomic mass is 10.2. The normalized spacial score (nSPS) is 10.9. The summed E-state index contributed by atoms with van der Waals surface area (Å²) >= 11 is 4.98. The summed E-state index contributed by atoms with van der Waals surface area (Å²) < 4.78 is 2.44. The van der Waals surface area contributed by atoms with Crippen LogP contribution in [-0.2, 0) is 5.75 Å². The summed E-state index contributed by atoms with van der Waals surface area (Å²) in [5, 5.41) is 5.14. The van der Waals surface area contributed by atoms with Crippen LogP contribution in [0.3, 0.4) is 0 Å². The van der Waals surface area contributed by atoms with Crippen LogP contribution >= 0.6 is 27.7 Å². The minimum Gasteiger partial charge on any atom is -0.244 e. The molecule has 3 rings (SSSR count). The Morgan fingerprint density at radius 3 is 2.83 bits per heavy atom. The molecular formula is C12H9BrN4S. The van der Waals surface area contributed by atoms with E-state index in [1.54, 1.807) is 28.7 Å². The highest BCUT2D eigenvalue weighted by atomic mass is 79.9. The molecule has 6 heteroatoms. The van der Waals surface area contributed by atoms with E-state index in [1.807, 2.05) is 18.2 Å². The van der Waals surface area contributed by atoms with E-state index >= 15 is 0 Å². The number of thioether (sulfide) groups is 1. The fourth-order valence-electron chi connectivity index (χ4n) is 1.55. The summed E-state index contributed by atoms with van der Waals surface area (Å²) in [4.78, 5) is 8.56. The molecule has 0 amide bonds. The standard InChI is InChI=1S/C12H9BrN4S/c13-10-11-15-12(16-17(11)7-6-14-10)18-8-9-4-2-1-3-5-9/h1-7H,8H2. The summed E-state index contributed by atoms with van der Waals surface area (Å²) in [5.41, 5.74) is 2.01. The maximum atomic E-state index is 4.43. The number of fused-ring (bicyclic) bond motifs is 1. The van der Waals surface area contributed by atoms with Gasteiger partial charge in [-0.1, -0.05) is 42.1 Å². The zero-order valence-electron chi connectivity index (χ0n) is 9.32. The van der Waals surface area contributed by atoms with Crippen molar-refractivity contribution >= 4 is 33.3 Å². The van der Waals surface area contributed by atoms with Gasteiger partial charge in [-0.15, -0.1) is 5.10 Å². The highest BCUT2D eigenvalue weighted by Crippen LogP contribution is 2.21. The predicted molar refractivity (Wildman–Crippen MR) is 74.5 cm³/mol. The first kappa shape index (κ1) is 11.7. The Kier molecular flexibility index (Phi) is 3.29. The fraction of sp³-hybridized carbons (Fsp3) is 0.0833. The SMILES string of the molecule is Brc1nccn2nc(SCc3ccccc3)nc12. The first-order valence-electron chi connectivity index (χ1n) is 5.36. The van der Waals surface area contributed by atoms with Crippen molar-refractivity contribution < 1.29 is 0 Å². The van der Waals surface area contributed by atoms with E-state index in [4.69, 9.17) is 0 Å². The molecule has 3 aromatic rings. The van der Waals surface area contributed by atoms with E-state index in [9.17, 15) is 0 Å². The molecule has 0 saturated heterocycles. The van der Waals surface area contributed by atoms with Gasteiger partial charge in [-0.2, -0.15) is 4.98 Å². The van der Waals surface area contributed by atoms with Crippen LogP contribution in [0.15, 0.2) is 52.5 Å². The second kappa shape index (κ2) is 5.07. The van der Waals surface area contributed by atoms with Crippen LogP contribution in [0.5, 0.6) is 0 Å². The van der Waals surface area contributed by atoms with Gasteiger partial charge in [0, 0.05) is 18.1 Å². The highest BCUT2D eigenvalue weighted by Gasteiger charge is 2.07. The fourth-order valence-corrected chi connectivity index (χ4v) is 2.72. The van der Waals surface area contributed by atoms with Crippen molar-refractivity contribution in [3.63, 3.8) is 0 Å². The van der Waals surface area contributed by atoms with E-state index in [1.165, 1.54) is 5.56 Å². The number of hydrogen-bond donors (Lipinski definition) is 0. The van der Waals surface area contributed by atoms with Gasteiger partial charge in [-0.05, 0) is 21.5 Å². The summed E-state index contributed by atoms with van der Waals surface area (Å²) in [6.07, 6.45) is 3.48. The Bertz CT molecular complexity index is 668. The topological polar surface area (TPSA) is 43.1 Å². The minimum atomic E-state index is 0.712. The monoisotopic (exact) mass is 320 g/mol. The lowest BCUT2D eigenvalue weighted by Gasteiger charge is -1.96. The molecule has 0 radical (unpaired) electrons. The molecule has 1 aromatic carbocycles. The molecule has 90 valence electrons. The Hall–Kier alpha value is -1.40. The number of hydrogen-bond acceptors (Lipinski definition) is 4. The third-order valence-electron chi connectivity index (χ3n) is 2.40. The van der Waals surface area contributed by atoms with Gasteiger partial charge in [0.15, 0.2) is 10.3 Å². The molecule has 0 aliphatic carbocycles. The van der Waals surface area contributed by atoms with Crippen LogP contribution in [0.25, 0.3) is 5.65 Å². The lowest BCUT2D eigenvalue weighted by molar-refractivity contribution is 0.878. The highest BCUT2D eigenvalue weighted by molar-refractivity contribution is 9.10. The molecule has 18 heavy (non-hydrogen) atoms. The molecule has 0 fully saturated rings.